The third-order valence-corrected chi connectivity index (χ3v) is 5.99. The number of hydrogen-bond donors (Lipinski definition) is 2. The second-order valence-electron chi connectivity index (χ2n) is 8.47. The number of alkyl carbamates (subject to hydrolysis) is 1. The van der Waals surface area contributed by atoms with E-state index in [4.69, 9.17) is 14.2 Å². The number of hydrogen-bond acceptors (Lipinski definition) is 6. The van der Waals surface area contributed by atoms with Crippen LogP contribution in [0, 0.1) is 0 Å². The van der Waals surface area contributed by atoms with Crippen molar-refractivity contribution < 1.29 is 33.7 Å². The van der Waals surface area contributed by atoms with Crippen molar-refractivity contribution >= 4 is 18.0 Å². The molecule has 0 aromatic heterocycles. The molecule has 4 rings (SSSR count). The Kier molecular flexibility index (Phi) is 8.20. The van der Waals surface area contributed by atoms with Crippen molar-refractivity contribution in [3.8, 4) is 16.9 Å². The molecule has 2 N–H and O–H groups in total. The number of carbonyl (C=O) groups is 3. The van der Waals surface area contributed by atoms with Crippen molar-refractivity contribution in [2.24, 2.45) is 0 Å². The van der Waals surface area contributed by atoms with Crippen LogP contribution in [0.4, 0.5) is 4.79 Å². The lowest BCUT2D eigenvalue weighted by Crippen LogP contribution is -2.42. The Labute approximate surface area is 214 Å². The fraction of sp³-hybridized carbons (Fsp3) is 0.207. The third-order valence-electron chi connectivity index (χ3n) is 5.99. The van der Waals surface area contributed by atoms with Crippen LogP contribution in [0.15, 0.2) is 85.5 Å². The molecule has 1 aliphatic carbocycles. The topological polar surface area (TPSA) is 111 Å². The highest BCUT2D eigenvalue weighted by Crippen LogP contribution is 2.44. The maximum Gasteiger partial charge on any atom is 0.407 e. The molecule has 0 radical (unpaired) electrons. The summed E-state index contributed by atoms with van der Waals surface area (Å²) in [5.41, 5.74) is 4.94. The van der Waals surface area contributed by atoms with Crippen LogP contribution < -0.4 is 10.1 Å². The number of carbonyl (C=O) groups excluding carboxylic acids is 2. The molecule has 0 spiro atoms. The minimum atomic E-state index is -1.22. The molecule has 190 valence electrons. The second kappa shape index (κ2) is 11.9. The highest BCUT2D eigenvalue weighted by atomic mass is 16.6. The van der Waals surface area contributed by atoms with Crippen LogP contribution in [0.1, 0.15) is 22.6 Å². The van der Waals surface area contributed by atoms with E-state index in [0.717, 1.165) is 22.3 Å². The van der Waals surface area contributed by atoms with Gasteiger partial charge in [0.05, 0.1) is 0 Å². The van der Waals surface area contributed by atoms with E-state index < -0.39 is 24.1 Å². The largest absolute Gasteiger partial charge is 0.482 e. The first-order valence-electron chi connectivity index (χ1n) is 11.8. The molecule has 0 aliphatic heterocycles. The number of nitrogens with one attached hydrogen (secondary N) is 1. The van der Waals surface area contributed by atoms with E-state index in [9.17, 15) is 19.5 Å². The molecule has 0 unspecified atom stereocenters. The van der Waals surface area contributed by atoms with E-state index in [2.05, 4.69) is 11.9 Å². The standard InChI is InChI=1S/C29H27NO7/c1-2-14-35-27(31)18-36-20-9-7-8-19(15-20)16-26(28(32)33)30-29(34)37-17-25-23-12-5-3-10-21(23)22-11-4-6-13-24(22)25/h2-13,15,25-26H,1,14,16-18H2,(H,30,34)(H,32,33)/t26-/m0/s1. The minimum absolute atomic E-state index is 0.00234. The summed E-state index contributed by atoms with van der Waals surface area (Å²) in [7, 11) is 0. The first-order valence-corrected chi connectivity index (χ1v) is 11.8. The predicted octanol–water partition coefficient (Wildman–Crippen LogP) is 4.33. The van der Waals surface area contributed by atoms with Crippen molar-refractivity contribution in [1.29, 1.82) is 0 Å². The summed E-state index contributed by atoms with van der Waals surface area (Å²) in [5.74, 6) is -1.51. The molecule has 3 aromatic rings. The highest BCUT2D eigenvalue weighted by Gasteiger charge is 2.29. The van der Waals surface area contributed by atoms with Crippen LogP contribution in [0.25, 0.3) is 11.1 Å². The fourth-order valence-corrected chi connectivity index (χ4v) is 4.32. The summed E-state index contributed by atoms with van der Waals surface area (Å²) in [6, 6.07) is 21.3. The Balaban J connectivity index is 1.35. The molecular weight excluding hydrogens is 474 g/mol. The molecular formula is C29H27NO7. The number of fused-ring (bicyclic) bond motifs is 3. The maximum absolute atomic E-state index is 12.6. The zero-order valence-corrected chi connectivity index (χ0v) is 20.1. The average Bonchev–Trinajstić information content (AvgIpc) is 3.23. The van der Waals surface area contributed by atoms with Crippen LogP contribution in [0.5, 0.6) is 5.75 Å². The highest BCUT2D eigenvalue weighted by molar-refractivity contribution is 5.81. The molecule has 3 aromatic carbocycles. The van der Waals surface area contributed by atoms with E-state index in [0.29, 0.717) is 11.3 Å². The van der Waals surface area contributed by atoms with Gasteiger partial charge in [-0.3, -0.25) is 0 Å². The monoisotopic (exact) mass is 501 g/mol. The van der Waals surface area contributed by atoms with Crippen molar-refractivity contribution in [1.82, 2.24) is 5.32 Å². The summed E-state index contributed by atoms with van der Waals surface area (Å²) >= 11 is 0. The molecule has 0 heterocycles. The number of esters is 1. The van der Waals surface area contributed by atoms with Crippen LogP contribution >= 0.6 is 0 Å². The van der Waals surface area contributed by atoms with Crippen LogP contribution in [-0.4, -0.2) is 49.0 Å². The van der Waals surface area contributed by atoms with Gasteiger partial charge in [-0.2, -0.15) is 0 Å². The quantitative estimate of drug-likeness (QED) is 0.297. The number of benzene rings is 3. The number of amides is 1. The Morgan fingerprint density at radius 2 is 1.62 bits per heavy atom. The van der Waals surface area contributed by atoms with Gasteiger partial charge in [0.1, 0.15) is 25.0 Å². The number of carboxylic acid groups (broad SMARTS) is 1. The number of carboxylic acids is 1. The maximum atomic E-state index is 12.6. The molecule has 1 aliphatic rings. The average molecular weight is 502 g/mol. The van der Waals surface area contributed by atoms with E-state index in [1.807, 2.05) is 48.5 Å². The lowest BCUT2D eigenvalue weighted by atomic mass is 9.98. The van der Waals surface area contributed by atoms with Gasteiger partial charge in [-0.05, 0) is 39.9 Å². The first-order chi connectivity index (χ1) is 18.0. The lowest BCUT2D eigenvalue weighted by Gasteiger charge is -2.18. The second-order valence-corrected chi connectivity index (χ2v) is 8.47. The SMILES string of the molecule is C=CCOC(=O)COc1cccc(C[C@H](NC(=O)OCC2c3ccccc3-c3ccccc32)C(=O)O)c1. The number of ether oxygens (including phenoxy) is 3. The molecule has 0 saturated heterocycles. The summed E-state index contributed by atoms with van der Waals surface area (Å²) in [4.78, 5) is 36.0. The van der Waals surface area contributed by atoms with E-state index in [-0.39, 0.29) is 32.2 Å². The van der Waals surface area contributed by atoms with Gasteiger partial charge in [0, 0.05) is 12.3 Å². The molecule has 0 fully saturated rings. The van der Waals surface area contributed by atoms with Gasteiger partial charge in [-0.1, -0.05) is 73.3 Å². The Hall–Kier alpha value is -4.59. The number of rotatable bonds is 11. The van der Waals surface area contributed by atoms with Crippen LogP contribution in [0.3, 0.4) is 0 Å². The Bertz CT molecular complexity index is 1260. The van der Waals surface area contributed by atoms with Crippen LogP contribution in [-0.2, 0) is 25.5 Å². The molecule has 0 saturated carbocycles. The molecule has 0 bridgehead atoms. The summed E-state index contributed by atoms with van der Waals surface area (Å²) < 4.78 is 15.8. The molecule has 8 heteroatoms. The smallest absolute Gasteiger partial charge is 0.407 e. The summed E-state index contributed by atoms with van der Waals surface area (Å²) in [5, 5.41) is 12.1. The van der Waals surface area contributed by atoms with Gasteiger partial charge >= 0.3 is 18.0 Å². The van der Waals surface area contributed by atoms with Crippen molar-refractivity contribution in [2.75, 3.05) is 19.8 Å². The van der Waals surface area contributed by atoms with Crippen molar-refractivity contribution in [3.05, 3.63) is 102 Å². The Morgan fingerprint density at radius 3 is 2.27 bits per heavy atom. The van der Waals surface area contributed by atoms with Gasteiger partial charge in [0.25, 0.3) is 0 Å². The molecule has 1 amide bonds. The summed E-state index contributed by atoms with van der Waals surface area (Å²) in [6.07, 6.45) is 0.637. The summed E-state index contributed by atoms with van der Waals surface area (Å²) in [6.45, 7) is 3.34. The zero-order valence-electron chi connectivity index (χ0n) is 20.1. The normalized spacial score (nSPS) is 12.5. The van der Waals surface area contributed by atoms with Gasteiger partial charge in [0.15, 0.2) is 6.61 Å². The zero-order chi connectivity index (χ0) is 26.2. The van der Waals surface area contributed by atoms with Crippen molar-refractivity contribution in [2.45, 2.75) is 18.4 Å². The van der Waals surface area contributed by atoms with E-state index in [1.54, 1.807) is 24.3 Å². The van der Waals surface area contributed by atoms with Gasteiger partial charge in [0.2, 0.25) is 0 Å². The minimum Gasteiger partial charge on any atom is -0.482 e. The third kappa shape index (κ3) is 6.35. The van der Waals surface area contributed by atoms with Crippen LogP contribution in [0.2, 0.25) is 0 Å². The van der Waals surface area contributed by atoms with Gasteiger partial charge in [-0.15, -0.1) is 0 Å². The number of aliphatic carboxylic acids is 1. The fourth-order valence-electron chi connectivity index (χ4n) is 4.32. The van der Waals surface area contributed by atoms with Crippen molar-refractivity contribution in [3.63, 3.8) is 0 Å². The molecule has 1 atom stereocenters. The molecule has 37 heavy (non-hydrogen) atoms. The van der Waals surface area contributed by atoms with Gasteiger partial charge < -0.3 is 24.6 Å². The Morgan fingerprint density at radius 1 is 0.946 bits per heavy atom. The molecule has 8 nitrogen and oxygen atoms in total. The first kappa shape index (κ1) is 25.5. The van der Waals surface area contributed by atoms with Gasteiger partial charge in [-0.25, -0.2) is 14.4 Å². The lowest BCUT2D eigenvalue weighted by molar-refractivity contribution is -0.144. The predicted molar refractivity (Wildman–Crippen MR) is 136 cm³/mol. The van der Waals surface area contributed by atoms with E-state index >= 15 is 0 Å². The van der Waals surface area contributed by atoms with E-state index in [1.165, 1.54) is 6.08 Å².